The van der Waals surface area contributed by atoms with Gasteiger partial charge in [0.25, 0.3) is 0 Å². The molecule has 0 aromatic carbocycles. The summed E-state index contributed by atoms with van der Waals surface area (Å²) in [5.41, 5.74) is 0.966. The van der Waals surface area contributed by atoms with Gasteiger partial charge in [0.1, 0.15) is 26.5 Å². The first kappa shape index (κ1) is 15.2. The van der Waals surface area contributed by atoms with Crippen molar-refractivity contribution < 1.29 is 8.42 Å². The van der Waals surface area contributed by atoms with Crippen LogP contribution in [0, 0.1) is 6.92 Å². The minimum absolute atomic E-state index is 0.164. The van der Waals surface area contributed by atoms with Gasteiger partial charge in [-0.1, -0.05) is 6.92 Å². The van der Waals surface area contributed by atoms with Gasteiger partial charge in [-0.05, 0) is 6.92 Å². The normalized spacial score (nSPS) is 11.6. The summed E-state index contributed by atoms with van der Waals surface area (Å²) in [4.78, 5) is 8.81. The third-order valence-electron chi connectivity index (χ3n) is 2.39. The predicted octanol–water partition coefficient (Wildman–Crippen LogP) is 1.53. The van der Waals surface area contributed by atoms with Crippen molar-refractivity contribution in [3.05, 3.63) is 11.4 Å². The molecule has 0 aliphatic rings. The highest BCUT2D eigenvalue weighted by Gasteiger charge is 2.11. The topological polar surface area (TPSA) is 72.0 Å². The van der Waals surface area contributed by atoms with Gasteiger partial charge in [0.2, 0.25) is 0 Å². The molecule has 0 saturated carbocycles. The first-order valence-electron chi connectivity index (χ1n) is 5.73. The number of thioether (sulfide) groups is 1. The van der Waals surface area contributed by atoms with Gasteiger partial charge in [0.05, 0.1) is 5.75 Å². The Morgan fingerprint density at radius 3 is 2.50 bits per heavy atom. The van der Waals surface area contributed by atoms with E-state index in [2.05, 4.69) is 15.3 Å². The second-order valence-corrected chi connectivity index (χ2v) is 7.34. The van der Waals surface area contributed by atoms with E-state index >= 15 is 0 Å². The Kier molecular flexibility index (Phi) is 5.40. The molecule has 0 aliphatic heterocycles. The molecule has 0 aliphatic carbocycles. The molecular formula is C11H19N3O2S2. The molecule has 1 N–H and O–H groups in total. The Bertz CT molecular complexity index is 515. The lowest BCUT2D eigenvalue weighted by Gasteiger charge is -2.10. The van der Waals surface area contributed by atoms with Gasteiger partial charge >= 0.3 is 0 Å². The lowest BCUT2D eigenvalue weighted by molar-refractivity contribution is 0.603. The van der Waals surface area contributed by atoms with Crippen LogP contribution in [0.25, 0.3) is 0 Å². The molecule has 0 radical (unpaired) electrons. The number of aromatic nitrogens is 2. The van der Waals surface area contributed by atoms with E-state index < -0.39 is 9.84 Å². The van der Waals surface area contributed by atoms with E-state index in [1.165, 1.54) is 18.0 Å². The summed E-state index contributed by atoms with van der Waals surface area (Å²) < 4.78 is 22.2. The van der Waals surface area contributed by atoms with E-state index in [9.17, 15) is 8.42 Å². The number of sulfone groups is 1. The van der Waals surface area contributed by atoms with Crippen LogP contribution in [0.4, 0.5) is 5.82 Å². The fourth-order valence-corrected chi connectivity index (χ4v) is 3.59. The lowest BCUT2D eigenvalue weighted by Crippen LogP contribution is -2.07. The summed E-state index contributed by atoms with van der Waals surface area (Å²) in [5, 5.41) is 3.89. The summed E-state index contributed by atoms with van der Waals surface area (Å²) in [5.74, 6) is 2.26. The van der Waals surface area contributed by atoms with E-state index in [0.29, 0.717) is 5.75 Å². The number of nitrogens with one attached hydrogen (secondary N) is 1. The number of rotatable bonds is 6. The Balaban J connectivity index is 2.87. The van der Waals surface area contributed by atoms with Gasteiger partial charge in [-0.25, -0.2) is 18.4 Å². The van der Waals surface area contributed by atoms with Gasteiger partial charge in [-0.2, -0.15) is 0 Å². The fraction of sp³-hybridized carbons (Fsp3) is 0.636. The van der Waals surface area contributed by atoms with E-state index in [1.807, 2.05) is 20.9 Å². The van der Waals surface area contributed by atoms with Gasteiger partial charge < -0.3 is 5.32 Å². The first-order valence-corrected chi connectivity index (χ1v) is 8.77. The van der Waals surface area contributed by atoms with Crippen LogP contribution in [-0.2, 0) is 16.3 Å². The highest BCUT2D eigenvalue weighted by molar-refractivity contribution is 8.00. The molecule has 7 heteroatoms. The number of anilines is 1. The maximum atomic E-state index is 11.1. The van der Waals surface area contributed by atoms with Crippen molar-refractivity contribution in [1.82, 2.24) is 9.97 Å². The molecule has 0 spiro atoms. The van der Waals surface area contributed by atoms with Crippen molar-refractivity contribution in [2.75, 3.05) is 30.1 Å². The van der Waals surface area contributed by atoms with Crippen molar-refractivity contribution in [3.63, 3.8) is 0 Å². The molecule has 0 saturated heterocycles. The first-order chi connectivity index (χ1) is 8.37. The number of hydrogen-bond donors (Lipinski definition) is 1. The molecule has 1 aromatic rings. The van der Waals surface area contributed by atoms with Gasteiger partial charge in [-0.15, -0.1) is 11.8 Å². The fourth-order valence-electron chi connectivity index (χ4n) is 1.37. The summed E-state index contributed by atoms with van der Waals surface area (Å²) in [6.07, 6.45) is 2.01. The van der Waals surface area contributed by atoms with Crippen molar-refractivity contribution in [2.45, 2.75) is 25.3 Å². The van der Waals surface area contributed by atoms with Gasteiger partial charge in [0.15, 0.2) is 0 Å². The minimum atomic E-state index is -2.92. The third kappa shape index (κ3) is 4.45. The summed E-state index contributed by atoms with van der Waals surface area (Å²) in [6.45, 7) is 3.93. The molecular weight excluding hydrogens is 270 g/mol. The third-order valence-corrected chi connectivity index (χ3v) is 4.68. The van der Waals surface area contributed by atoms with E-state index in [1.54, 1.807) is 0 Å². The Morgan fingerprint density at radius 1 is 1.33 bits per heavy atom. The second-order valence-electron chi connectivity index (χ2n) is 4.00. The summed E-state index contributed by atoms with van der Waals surface area (Å²) >= 11 is 1.46. The highest BCUT2D eigenvalue weighted by atomic mass is 32.2. The average Bonchev–Trinajstić information content (AvgIpc) is 2.29. The molecule has 1 aromatic heterocycles. The van der Waals surface area contributed by atoms with Crippen LogP contribution in [-0.4, -0.2) is 43.2 Å². The molecule has 0 amide bonds. The van der Waals surface area contributed by atoms with E-state index in [0.717, 1.165) is 28.7 Å². The Labute approximate surface area is 113 Å². The molecule has 5 nitrogen and oxygen atoms in total. The lowest BCUT2D eigenvalue weighted by atomic mass is 10.3. The van der Waals surface area contributed by atoms with E-state index in [-0.39, 0.29) is 5.75 Å². The molecule has 1 heterocycles. The van der Waals surface area contributed by atoms with Crippen LogP contribution >= 0.6 is 11.8 Å². The standard InChI is InChI=1S/C11H19N3O2S2/c1-5-9-13-10(12-3)8(2)11(14-9)17-6-7-18(4,15)16/h5-7H2,1-4H3,(H,12,13,14). The summed E-state index contributed by atoms with van der Waals surface area (Å²) in [6, 6.07) is 0. The molecule has 0 bridgehead atoms. The monoisotopic (exact) mass is 289 g/mol. The van der Waals surface area contributed by atoms with Crippen LogP contribution in [0.3, 0.4) is 0 Å². The van der Waals surface area contributed by atoms with Gasteiger partial charge in [-0.3, -0.25) is 0 Å². The van der Waals surface area contributed by atoms with Crippen molar-refractivity contribution in [1.29, 1.82) is 0 Å². The van der Waals surface area contributed by atoms with Crippen LogP contribution < -0.4 is 5.32 Å². The molecule has 0 atom stereocenters. The molecule has 102 valence electrons. The maximum absolute atomic E-state index is 11.1. The molecule has 1 rings (SSSR count). The zero-order chi connectivity index (χ0) is 13.8. The average molecular weight is 289 g/mol. The van der Waals surface area contributed by atoms with Crippen molar-refractivity contribution in [3.8, 4) is 0 Å². The Hall–Kier alpha value is -0.820. The highest BCUT2D eigenvalue weighted by Crippen LogP contribution is 2.25. The Morgan fingerprint density at radius 2 is 2.00 bits per heavy atom. The van der Waals surface area contributed by atoms with E-state index in [4.69, 9.17) is 0 Å². The smallest absolute Gasteiger partial charge is 0.148 e. The summed E-state index contributed by atoms with van der Waals surface area (Å²) in [7, 11) is -1.10. The number of aryl methyl sites for hydroxylation is 1. The predicted molar refractivity (Wildman–Crippen MR) is 76.1 cm³/mol. The van der Waals surface area contributed by atoms with Gasteiger partial charge in [0, 0.05) is 31.0 Å². The zero-order valence-corrected chi connectivity index (χ0v) is 12.8. The zero-order valence-electron chi connectivity index (χ0n) is 11.1. The van der Waals surface area contributed by atoms with Crippen LogP contribution in [0.1, 0.15) is 18.3 Å². The number of hydrogen-bond acceptors (Lipinski definition) is 6. The maximum Gasteiger partial charge on any atom is 0.148 e. The second kappa shape index (κ2) is 6.38. The van der Waals surface area contributed by atoms with Crippen LogP contribution in [0.15, 0.2) is 5.03 Å². The minimum Gasteiger partial charge on any atom is -0.373 e. The number of nitrogens with zero attached hydrogens (tertiary/aromatic N) is 2. The van der Waals surface area contributed by atoms with Crippen molar-refractivity contribution in [2.24, 2.45) is 0 Å². The molecule has 0 unspecified atom stereocenters. The van der Waals surface area contributed by atoms with Crippen LogP contribution in [0.2, 0.25) is 0 Å². The SMILES string of the molecule is CCc1nc(NC)c(C)c(SCCS(C)(=O)=O)n1. The quantitative estimate of drug-likeness (QED) is 0.632. The van der Waals surface area contributed by atoms with Crippen LogP contribution in [0.5, 0.6) is 0 Å². The largest absolute Gasteiger partial charge is 0.373 e. The molecule has 18 heavy (non-hydrogen) atoms. The molecule has 0 fully saturated rings. The van der Waals surface area contributed by atoms with Crippen molar-refractivity contribution >= 4 is 27.4 Å².